The molecule has 0 amide bonds. The summed E-state index contributed by atoms with van der Waals surface area (Å²) in [5, 5.41) is 6.06. The third kappa shape index (κ3) is 2.34. The van der Waals surface area contributed by atoms with E-state index < -0.39 is 5.82 Å². The van der Waals surface area contributed by atoms with E-state index in [1.54, 1.807) is 6.07 Å². The van der Waals surface area contributed by atoms with Crippen molar-refractivity contribution in [1.82, 2.24) is 19.6 Å². The number of ether oxygens (including phenoxy) is 1. The van der Waals surface area contributed by atoms with Gasteiger partial charge in [-0.25, -0.2) is 23.7 Å². The zero-order valence-corrected chi connectivity index (χ0v) is 10.9. The maximum atomic E-state index is 13.2. The van der Waals surface area contributed by atoms with Crippen LogP contribution in [-0.4, -0.2) is 19.6 Å². The molecule has 0 spiro atoms. The minimum Gasteiger partial charge on any atom is -0.439 e. The van der Waals surface area contributed by atoms with Crippen LogP contribution in [0.4, 0.5) is 4.39 Å². The summed E-state index contributed by atoms with van der Waals surface area (Å²) in [6.45, 7) is 0. The Morgan fingerprint density at radius 1 is 1.32 bits per heavy atom. The van der Waals surface area contributed by atoms with Crippen LogP contribution in [0.25, 0.3) is 5.65 Å². The molecule has 19 heavy (non-hydrogen) atoms. The SMILES string of the molecule is O=c1[nH]nc2cc(Oc3cc(F)cc(Br)c3)ncn12. The molecule has 0 radical (unpaired) electrons. The Labute approximate surface area is 114 Å². The van der Waals surface area contributed by atoms with E-state index in [-0.39, 0.29) is 11.6 Å². The number of benzene rings is 1. The maximum Gasteiger partial charge on any atom is 0.348 e. The van der Waals surface area contributed by atoms with E-state index >= 15 is 0 Å². The number of hydrogen-bond acceptors (Lipinski definition) is 4. The number of aromatic nitrogens is 4. The summed E-state index contributed by atoms with van der Waals surface area (Å²) in [6, 6.07) is 5.62. The summed E-state index contributed by atoms with van der Waals surface area (Å²) in [6.07, 6.45) is 1.28. The second-order valence-corrected chi connectivity index (χ2v) is 4.61. The van der Waals surface area contributed by atoms with E-state index in [9.17, 15) is 9.18 Å². The van der Waals surface area contributed by atoms with Crippen LogP contribution in [-0.2, 0) is 0 Å². The van der Waals surface area contributed by atoms with Crippen LogP contribution in [0, 0.1) is 5.82 Å². The number of halogens is 2. The molecule has 2 aromatic heterocycles. The molecule has 2 heterocycles. The van der Waals surface area contributed by atoms with Crippen LogP contribution >= 0.6 is 15.9 Å². The van der Waals surface area contributed by atoms with Crippen LogP contribution < -0.4 is 10.4 Å². The topological polar surface area (TPSA) is 72.3 Å². The average Bonchev–Trinajstić information content (AvgIpc) is 2.69. The lowest BCUT2D eigenvalue weighted by Crippen LogP contribution is -2.09. The highest BCUT2D eigenvalue weighted by Crippen LogP contribution is 2.24. The van der Waals surface area contributed by atoms with E-state index in [0.717, 1.165) is 0 Å². The van der Waals surface area contributed by atoms with Crippen molar-refractivity contribution in [1.29, 1.82) is 0 Å². The fourth-order valence-electron chi connectivity index (χ4n) is 1.56. The van der Waals surface area contributed by atoms with Gasteiger partial charge in [0.25, 0.3) is 0 Å². The fourth-order valence-corrected chi connectivity index (χ4v) is 2.00. The van der Waals surface area contributed by atoms with Crippen LogP contribution in [0.2, 0.25) is 0 Å². The number of fused-ring (bicyclic) bond motifs is 1. The molecule has 0 bridgehead atoms. The zero-order chi connectivity index (χ0) is 13.4. The number of H-pyrrole nitrogens is 1. The van der Waals surface area contributed by atoms with Gasteiger partial charge in [0.2, 0.25) is 5.88 Å². The summed E-state index contributed by atoms with van der Waals surface area (Å²) in [5.41, 5.74) is -0.0204. The highest BCUT2D eigenvalue weighted by molar-refractivity contribution is 9.10. The van der Waals surface area contributed by atoms with Crippen LogP contribution in [0.1, 0.15) is 0 Å². The lowest BCUT2D eigenvalue weighted by Gasteiger charge is -2.05. The Kier molecular flexibility index (Phi) is 2.79. The smallest absolute Gasteiger partial charge is 0.348 e. The van der Waals surface area contributed by atoms with Crippen molar-refractivity contribution < 1.29 is 9.13 Å². The lowest BCUT2D eigenvalue weighted by molar-refractivity contribution is 0.456. The van der Waals surface area contributed by atoms with Gasteiger partial charge in [-0.05, 0) is 12.1 Å². The Balaban J connectivity index is 1.98. The first-order valence-electron chi connectivity index (χ1n) is 5.18. The molecule has 3 aromatic rings. The standard InChI is InChI=1S/C11H6BrFN4O2/c12-6-1-7(13)3-8(2-6)19-10-4-9-15-16-11(18)17(9)5-14-10/h1-5H,(H,16,18). The molecular weight excluding hydrogens is 319 g/mol. The molecular formula is C11H6BrFN4O2. The molecule has 0 aliphatic heterocycles. The van der Waals surface area contributed by atoms with Crippen molar-refractivity contribution in [3.8, 4) is 11.6 Å². The van der Waals surface area contributed by atoms with Gasteiger partial charge < -0.3 is 4.74 Å². The molecule has 6 nitrogen and oxygen atoms in total. The Morgan fingerprint density at radius 3 is 2.95 bits per heavy atom. The Bertz CT molecular complexity index is 794. The van der Waals surface area contributed by atoms with Crippen molar-refractivity contribution >= 4 is 21.6 Å². The molecule has 3 rings (SSSR count). The number of rotatable bonds is 2. The normalized spacial score (nSPS) is 10.8. The van der Waals surface area contributed by atoms with Crippen LogP contribution in [0.5, 0.6) is 11.6 Å². The number of aromatic amines is 1. The first-order valence-corrected chi connectivity index (χ1v) is 5.98. The predicted octanol–water partition coefficient (Wildman–Crippen LogP) is 2.11. The zero-order valence-electron chi connectivity index (χ0n) is 9.30. The van der Waals surface area contributed by atoms with Crippen molar-refractivity contribution in [3.63, 3.8) is 0 Å². The molecule has 0 aliphatic carbocycles. The quantitative estimate of drug-likeness (QED) is 0.783. The van der Waals surface area contributed by atoms with Crippen molar-refractivity contribution in [2.75, 3.05) is 0 Å². The molecule has 0 fully saturated rings. The maximum absolute atomic E-state index is 13.2. The molecule has 0 saturated heterocycles. The highest BCUT2D eigenvalue weighted by atomic mass is 79.9. The van der Waals surface area contributed by atoms with Gasteiger partial charge in [0, 0.05) is 16.6 Å². The first kappa shape index (κ1) is 11.8. The molecule has 1 aromatic carbocycles. The second kappa shape index (κ2) is 4.47. The number of nitrogens with one attached hydrogen (secondary N) is 1. The summed E-state index contributed by atoms with van der Waals surface area (Å²) >= 11 is 3.17. The van der Waals surface area contributed by atoms with E-state index in [0.29, 0.717) is 15.9 Å². The second-order valence-electron chi connectivity index (χ2n) is 3.69. The first-order chi connectivity index (χ1) is 9.11. The van der Waals surface area contributed by atoms with Gasteiger partial charge in [-0.3, -0.25) is 0 Å². The van der Waals surface area contributed by atoms with Crippen molar-refractivity contribution in [2.24, 2.45) is 0 Å². The summed E-state index contributed by atoms with van der Waals surface area (Å²) in [7, 11) is 0. The van der Waals surface area contributed by atoms with Gasteiger partial charge in [0.05, 0.1) is 0 Å². The third-order valence-electron chi connectivity index (χ3n) is 2.34. The van der Waals surface area contributed by atoms with Crippen LogP contribution in [0.15, 0.2) is 39.9 Å². The van der Waals surface area contributed by atoms with Gasteiger partial charge in [-0.15, -0.1) is 0 Å². The lowest BCUT2D eigenvalue weighted by atomic mass is 10.3. The van der Waals surface area contributed by atoms with Crippen molar-refractivity contribution in [2.45, 2.75) is 0 Å². The molecule has 0 saturated carbocycles. The van der Waals surface area contributed by atoms with E-state index in [1.807, 2.05) is 0 Å². The third-order valence-corrected chi connectivity index (χ3v) is 2.80. The molecule has 8 heteroatoms. The average molecular weight is 325 g/mol. The summed E-state index contributed by atoms with van der Waals surface area (Å²) < 4.78 is 20.4. The Hall–Kier alpha value is -2.22. The molecule has 0 unspecified atom stereocenters. The largest absolute Gasteiger partial charge is 0.439 e. The molecule has 0 atom stereocenters. The minimum absolute atomic E-state index is 0.212. The van der Waals surface area contributed by atoms with Crippen LogP contribution in [0.3, 0.4) is 0 Å². The minimum atomic E-state index is -0.429. The van der Waals surface area contributed by atoms with Gasteiger partial charge in [0.1, 0.15) is 17.9 Å². The molecule has 1 N–H and O–H groups in total. The van der Waals surface area contributed by atoms with Crippen molar-refractivity contribution in [3.05, 3.63) is 51.4 Å². The summed E-state index contributed by atoms with van der Waals surface area (Å²) in [5.74, 6) is 0.0760. The highest BCUT2D eigenvalue weighted by Gasteiger charge is 2.06. The molecule has 96 valence electrons. The summed E-state index contributed by atoms with van der Waals surface area (Å²) in [4.78, 5) is 15.2. The van der Waals surface area contributed by atoms with Gasteiger partial charge in [-0.2, -0.15) is 5.10 Å². The van der Waals surface area contributed by atoms with E-state index in [1.165, 1.54) is 28.9 Å². The number of nitrogens with zero attached hydrogens (tertiary/aromatic N) is 3. The molecule has 0 aliphatic rings. The van der Waals surface area contributed by atoms with E-state index in [4.69, 9.17) is 4.74 Å². The van der Waals surface area contributed by atoms with Gasteiger partial charge in [0.15, 0.2) is 5.65 Å². The predicted molar refractivity (Wildman–Crippen MR) is 67.8 cm³/mol. The van der Waals surface area contributed by atoms with Gasteiger partial charge >= 0.3 is 5.69 Å². The number of hydrogen-bond donors (Lipinski definition) is 1. The monoisotopic (exact) mass is 324 g/mol. The fraction of sp³-hybridized carbons (Fsp3) is 0. The Morgan fingerprint density at radius 2 is 2.16 bits per heavy atom. The van der Waals surface area contributed by atoms with Gasteiger partial charge in [-0.1, -0.05) is 15.9 Å². The van der Waals surface area contributed by atoms with E-state index in [2.05, 4.69) is 31.1 Å².